The highest BCUT2D eigenvalue weighted by molar-refractivity contribution is 7.89. The van der Waals surface area contributed by atoms with Gasteiger partial charge in [0.15, 0.2) is 23.3 Å². The van der Waals surface area contributed by atoms with Gasteiger partial charge in [-0.1, -0.05) is 6.07 Å². The van der Waals surface area contributed by atoms with Gasteiger partial charge in [-0.2, -0.15) is 0 Å². The first-order valence-electron chi connectivity index (χ1n) is 7.91. The van der Waals surface area contributed by atoms with Crippen LogP contribution in [0, 0.1) is 29.1 Å². The lowest BCUT2D eigenvalue weighted by Gasteiger charge is -2.15. The lowest BCUT2D eigenvalue weighted by molar-refractivity contribution is 0.0989. The molecule has 11 heteroatoms. The van der Waals surface area contributed by atoms with Crippen LogP contribution in [0.5, 0.6) is 0 Å². The lowest BCUT2D eigenvalue weighted by atomic mass is 9.92. The van der Waals surface area contributed by atoms with Crippen LogP contribution in [-0.2, 0) is 22.9 Å². The number of halogens is 5. The zero-order valence-electron chi connectivity index (χ0n) is 14.2. The molecule has 3 rings (SSSR count). The molecule has 0 saturated heterocycles. The molecular weight excluding hydrogens is 407 g/mol. The van der Waals surface area contributed by atoms with Gasteiger partial charge < -0.3 is 5.73 Å². The summed E-state index contributed by atoms with van der Waals surface area (Å²) in [5.41, 5.74) is 5.20. The van der Waals surface area contributed by atoms with Gasteiger partial charge in [-0.25, -0.2) is 35.5 Å². The highest BCUT2D eigenvalue weighted by Crippen LogP contribution is 2.24. The van der Waals surface area contributed by atoms with Gasteiger partial charge in [0.2, 0.25) is 15.8 Å². The Hall–Kier alpha value is -2.53. The number of aryl methyl sites for hydroxylation is 2. The Bertz CT molecular complexity index is 1010. The number of carbonyl (C=O) groups is 1. The smallest absolute Gasteiger partial charge is 0.254 e. The van der Waals surface area contributed by atoms with Gasteiger partial charge in [-0.15, -0.1) is 0 Å². The van der Waals surface area contributed by atoms with E-state index in [1.165, 1.54) is 12.0 Å². The average Bonchev–Trinajstić information content (AvgIpc) is 2.64. The van der Waals surface area contributed by atoms with Crippen LogP contribution in [0.3, 0.4) is 0 Å². The third-order valence-corrected chi connectivity index (χ3v) is 5.02. The quantitative estimate of drug-likeness (QED) is 0.442. The van der Waals surface area contributed by atoms with Crippen molar-refractivity contribution in [3.8, 4) is 0 Å². The van der Waals surface area contributed by atoms with Crippen LogP contribution in [0.15, 0.2) is 23.1 Å². The molecule has 0 spiro atoms. The Morgan fingerprint density at radius 2 is 1.29 bits per heavy atom. The van der Waals surface area contributed by atoms with E-state index in [-0.39, 0.29) is 4.90 Å². The zero-order valence-corrected chi connectivity index (χ0v) is 15.1. The molecule has 0 aromatic heterocycles. The Morgan fingerprint density at radius 3 is 1.75 bits per heavy atom. The normalized spacial score (nSPS) is 13.4. The van der Waals surface area contributed by atoms with Gasteiger partial charge in [0.1, 0.15) is 5.56 Å². The second kappa shape index (κ2) is 8.23. The van der Waals surface area contributed by atoms with Crippen molar-refractivity contribution in [1.29, 1.82) is 0 Å². The second-order valence-electron chi connectivity index (χ2n) is 5.99. The maximum absolute atomic E-state index is 12.6. The van der Waals surface area contributed by atoms with Crippen LogP contribution in [-0.4, -0.2) is 14.3 Å². The van der Waals surface area contributed by atoms with Crippen LogP contribution >= 0.6 is 0 Å². The van der Waals surface area contributed by atoms with Crippen LogP contribution < -0.4 is 10.9 Å². The number of hydrogen-bond acceptors (Lipinski definition) is 3. The number of amides is 1. The number of sulfonamides is 1. The Labute approximate surface area is 157 Å². The molecule has 4 N–H and O–H groups in total. The molecule has 28 heavy (non-hydrogen) atoms. The first-order chi connectivity index (χ1) is 12.9. The fraction of sp³-hybridized carbons (Fsp3) is 0.235. The average molecular weight is 422 g/mol. The molecule has 0 saturated carbocycles. The van der Waals surface area contributed by atoms with Gasteiger partial charge in [-0.05, 0) is 48.9 Å². The van der Waals surface area contributed by atoms with E-state index in [4.69, 9.17) is 5.14 Å². The largest absolute Gasteiger partial charge is 0.365 e. The highest BCUT2D eigenvalue weighted by atomic mass is 32.2. The summed E-state index contributed by atoms with van der Waals surface area (Å²) in [6.45, 7) is 0. The van der Waals surface area contributed by atoms with E-state index >= 15 is 0 Å². The van der Waals surface area contributed by atoms with Crippen molar-refractivity contribution in [2.45, 2.75) is 30.6 Å². The summed E-state index contributed by atoms with van der Waals surface area (Å²) in [7, 11) is -3.54. The van der Waals surface area contributed by atoms with E-state index in [9.17, 15) is 35.2 Å². The van der Waals surface area contributed by atoms with E-state index in [0.29, 0.717) is 0 Å². The van der Waals surface area contributed by atoms with Crippen molar-refractivity contribution in [3.63, 3.8) is 0 Å². The van der Waals surface area contributed by atoms with Crippen molar-refractivity contribution in [3.05, 3.63) is 64.0 Å². The SMILES string of the molecule is NC(=O)c1c(F)c(F)c(F)c(F)c1F.NS(=O)(=O)c1ccc2c(c1)CCCC2. The number of nitrogens with two attached hydrogens (primary N) is 2. The van der Waals surface area contributed by atoms with Crippen LogP contribution in [0.2, 0.25) is 0 Å². The maximum atomic E-state index is 12.6. The third kappa shape index (κ3) is 4.47. The predicted molar refractivity (Wildman–Crippen MR) is 89.2 cm³/mol. The number of carbonyl (C=O) groups excluding carboxylic acids is 1. The zero-order chi connectivity index (χ0) is 21.2. The van der Waals surface area contributed by atoms with Crippen LogP contribution in [0.1, 0.15) is 34.3 Å². The highest BCUT2D eigenvalue weighted by Gasteiger charge is 2.28. The Morgan fingerprint density at radius 1 is 0.821 bits per heavy atom. The van der Waals surface area contributed by atoms with Crippen molar-refractivity contribution in [2.75, 3.05) is 0 Å². The number of primary amides is 1. The fourth-order valence-electron chi connectivity index (χ4n) is 2.71. The van der Waals surface area contributed by atoms with Crippen molar-refractivity contribution < 1.29 is 35.2 Å². The van der Waals surface area contributed by atoms with E-state index in [1.54, 1.807) is 12.1 Å². The molecule has 152 valence electrons. The number of benzene rings is 2. The molecule has 1 amide bonds. The van der Waals surface area contributed by atoms with Crippen molar-refractivity contribution >= 4 is 15.9 Å². The van der Waals surface area contributed by atoms with E-state index < -0.39 is 50.6 Å². The summed E-state index contributed by atoms with van der Waals surface area (Å²) in [4.78, 5) is 10.6. The van der Waals surface area contributed by atoms with E-state index in [0.717, 1.165) is 24.8 Å². The Balaban J connectivity index is 0.000000200. The summed E-state index contributed by atoms with van der Waals surface area (Å²) in [6.07, 6.45) is 4.36. The van der Waals surface area contributed by atoms with Gasteiger partial charge >= 0.3 is 0 Å². The summed E-state index contributed by atoms with van der Waals surface area (Å²) >= 11 is 0. The van der Waals surface area contributed by atoms with Gasteiger partial charge in [0, 0.05) is 0 Å². The van der Waals surface area contributed by atoms with Gasteiger partial charge in [0.25, 0.3) is 5.91 Å². The predicted octanol–water partition coefficient (Wildman–Crippen LogP) is 2.69. The minimum absolute atomic E-state index is 0.234. The third-order valence-electron chi connectivity index (χ3n) is 4.10. The fourth-order valence-corrected chi connectivity index (χ4v) is 3.27. The summed E-state index contributed by atoms with van der Waals surface area (Å²) in [5, 5.41) is 5.06. The molecule has 2 aromatic rings. The minimum atomic E-state index is -3.54. The summed E-state index contributed by atoms with van der Waals surface area (Å²) in [5.74, 6) is -12.9. The van der Waals surface area contributed by atoms with Gasteiger partial charge in [-0.3, -0.25) is 4.79 Å². The number of fused-ring (bicyclic) bond motifs is 1. The molecule has 5 nitrogen and oxygen atoms in total. The van der Waals surface area contributed by atoms with Crippen LogP contribution in [0.25, 0.3) is 0 Å². The molecule has 0 unspecified atom stereocenters. The standard InChI is InChI=1S/C10H13NO2S.C7H2F5NO/c11-14(12,13)10-6-5-8-3-1-2-4-9(8)7-10;8-2-1(7(13)14)3(9)5(11)6(12)4(2)10/h5-7H,1-4H2,(H2,11,12,13);(H2,13,14). The molecule has 1 aliphatic rings. The minimum Gasteiger partial charge on any atom is -0.365 e. The monoisotopic (exact) mass is 422 g/mol. The number of rotatable bonds is 2. The van der Waals surface area contributed by atoms with Crippen molar-refractivity contribution in [2.24, 2.45) is 10.9 Å². The first kappa shape index (κ1) is 21.8. The van der Waals surface area contributed by atoms with Gasteiger partial charge in [0.05, 0.1) is 4.90 Å². The molecule has 1 aliphatic carbocycles. The lowest BCUT2D eigenvalue weighted by Crippen LogP contribution is -2.19. The molecule has 0 radical (unpaired) electrons. The molecule has 0 heterocycles. The number of hydrogen-bond donors (Lipinski definition) is 2. The Kier molecular flexibility index (Phi) is 6.40. The topological polar surface area (TPSA) is 103 Å². The first-order valence-corrected chi connectivity index (χ1v) is 9.45. The maximum Gasteiger partial charge on any atom is 0.254 e. The second-order valence-corrected chi connectivity index (χ2v) is 7.55. The molecule has 0 bridgehead atoms. The number of primary sulfonamides is 1. The summed E-state index contributed by atoms with van der Waals surface area (Å²) < 4.78 is 84.6. The van der Waals surface area contributed by atoms with Crippen LogP contribution in [0.4, 0.5) is 22.0 Å². The molecular formula is C17H15F5N2O3S. The van der Waals surface area contributed by atoms with Crippen molar-refractivity contribution in [1.82, 2.24) is 0 Å². The molecule has 2 aromatic carbocycles. The van der Waals surface area contributed by atoms with E-state index in [1.807, 2.05) is 6.07 Å². The summed E-state index contributed by atoms with van der Waals surface area (Å²) in [6, 6.07) is 5.19. The van der Waals surface area contributed by atoms with E-state index in [2.05, 4.69) is 5.73 Å². The molecule has 0 aliphatic heterocycles. The molecule has 0 fully saturated rings. The molecule has 0 atom stereocenters.